The van der Waals surface area contributed by atoms with Crippen LogP contribution in [0.25, 0.3) is 0 Å². The molecule has 112 valence electrons. The van der Waals surface area contributed by atoms with Gasteiger partial charge in [-0.1, -0.05) is 18.2 Å². The van der Waals surface area contributed by atoms with Crippen LogP contribution in [-0.2, 0) is 21.4 Å². The Bertz CT molecular complexity index is 750. The lowest BCUT2D eigenvalue weighted by Crippen LogP contribution is -2.31. The molecular formula is C14H17N3O3S. The third-order valence-corrected chi connectivity index (χ3v) is 4.50. The van der Waals surface area contributed by atoms with Crippen molar-refractivity contribution in [1.29, 1.82) is 0 Å². The van der Waals surface area contributed by atoms with Crippen molar-refractivity contribution in [2.45, 2.75) is 31.7 Å². The van der Waals surface area contributed by atoms with Crippen molar-refractivity contribution >= 4 is 15.9 Å². The quantitative estimate of drug-likeness (QED) is 0.905. The lowest BCUT2D eigenvalue weighted by Gasteiger charge is -2.09. The van der Waals surface area contributed by atoms with Crippen molar-refractivity contribution in [2.24, 2.45) is 0 Å². The molecule has 0 aliphatic carbocycles. The molecule has 0 atom stereocenters. The molecule has 0 unspecified atom stereocenters. The SMILES string of the molecule is Cc1cnn(CCC(=O)NS(=O)(=O)c2ccccc2C)c1. The zero-order valence-electron chi connectivity index (χ0n) is 11.9. The normalized spacial score (nSPS) is 11.3. The van der Waals surface area contributed by atoms with E-state index in [-0.39, 0.29) is 11.3 Å². The van der Waals surface area contributed by atoms with Gasteiger partial charge in [-0.2, -0.15) is 5.10 Å². The van der Waals surface area contributed by atoms with E-state index in [1.807, 2.05) is 6.92 Å². The van der Waals surface area contributed by atoms with E-state index in [0.29, 0.717) is 12.1 Å². The first-order valence-electron chi connectivity index (χ1n) is 6.49. The lowest BCUT2D eigenvalue weighted by molar-refractivity contribution is -0.119. The third-order valence-electron chi connectivity index (χ3n) is 2.96. The predicted octanol–water partition coefficient (Wildman–Crippen LogP) is 1.40. The van der Waals surface area contributed by atoms with Crippen molar-refractivity contribution < 1.29 is 13.2 Å². The molecule has 0 fully saturated rings. The van der Waals surface area contributed by atoms with Gasteiger partial charge in [-0.25, -0.2) is 13.1 Å². The van der Waals surface area contributed by atoms with Crippen LogP contribution in [-0.4, -0.2) is 24.1 Å². The first-order valence-corrected chi connectivity index (χ1v) is 7.97. The van der Waals surface area contributed by atoms with Crippen LogP contribution >= 0.6 is 0 Å². The molecule has 6 nitrogen and oxygen atoms in total. The second-order valence-corrected chi connectivity index (χ2v) is 6.48. The molecule has 1 aromatic carbocycles. The number of nitrogens with one attached hydrogen (secondary N) is 1. The number of hydrogen-bond donors (Lipinski definition) is 1. The molecule has 1 heterocycles. The van der Waals surface area contributed by atoms with E-state index in [2.05, 4.69) is 9.82 Å². The first-order chi connectivity index (χ1) is 9.88. The van der Waals surface area contributed by atoms with Gasteiger partial charge in [0.1, 0.15) is 0 Å². The van der Waals surface area contributed by atoms with Crippen LogP contribution in [0.2, 0.25) is 0 Å². The van der Waals surface area contributed by atoms with Crippen molar-refractivity contribution in [3.8, 4) is 0 Å². The Morgan fingerprint density at radius 1 is 1.29 bits per heavy atom. The fourth-order valence-corrected chi connectivity index (χ4v) is 3.18. The summed E-state index contributed by atoms with van der Waals surface area (Å²) in [5.41, 5.74) is 1.59. The Morgan fingerprint density at radius 3 is 2.62 bits per heavy atom. The average Bonchev–Trinajstić information content (AvgIpc) is 2.82. The van der Waals surface area contributed by atoms with E-state index in [4.69, 9.17) is 0 Å². The average molecular weight is 307 g/mol. The third kappa shape index (κ3) is 3.91. The second kappa shape index (κ2) is 6.09. The second-order valence-electron chi connectivity index (χ2n) is 4.82. The van der Waals surface area contributed by atoms with Gasteiger partial charge in [0.25, 0.3) is 10.0 Å². The van der Waals surface area contributed by atoms with Gasteiger partial charge in [-0.3, -0.25) is 9.48 Å². The topological polar surface area (TPSA) is 81.1 Å². The highest BCUT2D eigenvalue weighted by Gasteiger charge is 2.19. The highest BCUT2D eigenvalue weighted by Crippen LogP contribution is 2.13. The number of rotatable bonds is 5. The molecule has 0 spiro atoms. The van der Waals surface area contributed by atoms with Gasteiger partial charge in [0.05, 0.1) is 11.1 Å². The molecule has 1 amide bonds. The van der Waals surface area contributed by atoms with E-state index in [1.54, 1.807) is 42.2 Å². The number of carbonyl (C=O) groups excluding carboxylic acids is 1. The Labute approximate surface area is 123 Å². The molecule has 0 aliphatic heterocycles. The zero-order valence-corrected chi connectivity index (χ0v) is 12.7. The van der Waals surface area contributed by atoms with Crippen LogP contribution in [0.5, 0.6) is 0 Å². The molecule has 0 saturated heterocycles. The summed E-state index contributed by atoms with van der Waals surface area (Å²) < 4.78 is 27.9. The number of benzene rings is 1. The fourth-order valence-electron chi connectivity index (χ4n) is 1.92. The highest BCUT2D eigenvalue weighted by molar-refractivity contribution is 7.90. The van der Waals surface area contributed by atoms with Gasteiger partial charge in [0, 0.05) is 19.2 Å². The molecule has 1 N–H and O–H groups in total. The molecule has 1 aromatic heterocycles. The molecule has 2 rings (SSSR count). The van der Waals surface area contributed by atoms with Crippen LogP contribution < -0.4 is 4.72 Å². The monoisotopic (exact) mass is 307 g/mol. The number of aryl methyl sites for hydroxylation is 3. The van der Waals surface area contributed by atoms with Gasteiger partial charge in [0.15, 0.2) is 0 Å². The van der Waals surface area contributed by atoms with E-state index >= 15 is 0 Å². The van der Waals surface area contributed by atoms with Gasteiger partial charge in [-0.15, -0.1) is 0 Å². The summed E-state index contributed by atoms with van der Waals surface area (Å²) in [4.78, 5) is 11.9. The maximum absolute atomic E-state index is 12.1. The van der Waals surface area contributed by atoms with E-state index in [0.717, 1.165) is 5.56 Å². The summed E-state index contributed by atoms with van der Waals surface area (Å²) in [5.74, 6) is -0.550. The number of nitrogens with zero attached hydrogens (tertiary/aromatic N) is 2. The van der Waals surface area contributed by atoms with Gasteiger partial charge in [0.2, 0.25) is 5.91 Å². The number of aromatic nitrogens is 2. The van der Waals surface area contributed by atoms with Gasteiger partial charge >= 0.3 is 0 Å². The molecule has 0 radical (unpaired) electrons. The lowest BCUT2D eigenvalue weighted by atomic mass is 10.2. The largest absolute Gasteiger partial charge is 0.274 e. The standard InChI is InChI=1S/C14H17N3O3S/c1-11-9-15-17(10-11)8-7-14(18)16-21(19,20)13-6-4-3-5-12(13)2/h3-6,9-10H,7-8H2,1-2H3,(H,16,18). The van der Waals surface area contributed by atoms with Crippen LogP contribution in [0.3, 0.4) is 0 Å². The van der Waals surface area contributed by atoms with E-state index in [1.165, 1.54) is 6.07 Å². The highest BCUT2D eigenvalue weighted by atomic mass is 32.2. The van der Waals surface area contributed by atoms with Crippen molar-refractivity contribution in [2.75, 3.05) is 0 Å². The van der Waals surface area contributed by atoms with E-state index < -0.39 is 15.9 Å². The Kier molecular flexibility index (Phi) is 4.42. The number of sulfonamides is 1. The zero-order chi connectivity index (χ0) is 15.5. The van der Waals surface area contributed by atoms with Crippen LogP contribution in [0.4, 0.5) is 0 Å². The van der Waals surface area contributed by atoms with Gasteiger partial charge in [-0.05, 0) is 31.0 Å². The number of carbonyl (C=O) groups is 1. The molecule has 2 aromatic rings. The summed E-state index contributed by atoms with van der Waals surface area (Å²) in [6, 6.07) is 6.53. The molecule has 21 heavy (non-hydrogen) atoms. The smallest absolute Gasteiger partial charge is 0.264 e. The molecule has 0 aliphatic rings. The van der Waals surface area contributed by atoms with E-state index in [9.17, 15) is 13.2 Å². The molecule has 7 heteroatoms. The maximum Gasteiger partial charge on any atom is 0.264 e. The summed E-state index contributed by atoms with van der Waals surface area (Å²) >= 11 is 0. The fraction of sp³-hybridized carbons (Fsp3) is 0.286. The van der Waals surface area contributed by atoms with Crippen molar-refractivity contribution in [3.05, 3.63) is 47.8 Å². The van der Waals surface area contributed by atoms with Crippen molar-refractivity contribution in [3.63, 3.8) is 0 Å². The minimum Gasteiger partial charge on any atom is -0.274 e. The Balaban J connectivity index is 2.00. The summed E-state index contributed by atoms with van der Waals surface area (Å²) in [6.45, 7) is 3.92. The van der Waals surface area contributed by atoms with Crippen LogP contribution in [0, 0.1) is 13.8 Å². The van der Waals surface area contributed by atoms with Gasteiger partial charge < -0.3 is 0 Å². The van der Waals surface area contributed by atoms with Crippen LogP contribution in [0.1, 0.15) is 17.5 Å². The summed E-state index contributed by atoms with van der Waals surface area (Å²) in [5, 5.41) is 4.04. The molecular weight excluding hydrogens is 290 g/mol. The molecule has 0 saturated carbocycles. The first kappa shape index (κ1) is 15.2. The summed E-state index contributed by atoms with van der Waals surface area (Å²) in [6.07, 6.45) is 3.53. The Morgan fingerprint density at radius 2 is 2.00 bits per heavy atom. The maximum atomic E-state index is 12.1. The summed E-state index contributed by atoms with van der Waals surface area (Å²) in [7, 11) is -3.82. The number of amides is 1. The minimum atomic E-state index is -3.82. The minimum absolute atomic E-state index is 0.0478. The molecule has 0 bridgehead atoms. The Hall–Kier alpha value is -2.15. The number of hydrogen-bond acceptors (Lipinski definition) is 4. The van der Waals surface area contributed by atoms with Crippen molar-refractivity contribution in [1.82, 2.24) is 14.5 Å². The predicted molar refractivity (Wildman–Crippen MR) is 78.1 cm³/mol. The van der Waals surface area contributed by atoms with Crippen LogP contribution in [0.15, 0.2) is 41.6 Å².